The van der Waals surface area contributed by atoms with E-state index in [0.717, 1.165) is 17.7 Å². The number of sulfonamides is 1. The van der Waals surface area contributed by atoms with Crippen molar-refractivity contribution in [2.24, 2.45) is 0 Å². The Hall–Kier alpha value is -1.73. The van der Waals surface area contributed by atoms with Crippen LogP contribution in [0.2, 0.25) is 0 Å². The van der Waals surface area contributed by atoms with Crippen molar-refractivity contribution < 1.29 is 8.42 Å². The second-order valence-electron chi connectivity index (χ2n) is 5.00. The molecule has 0 radical (unpaired) electrons. The predicted octanol–water partition coefficient (Wildman–Crippen LogP) is 1.29. The van der Waals surface area contributed by atoms with Crippen LogP contribution in [0.3, 0.4) is 0 Å². The standard InChI is InChI=1S/C13H16N4O2S/c1-10-7-15-16-13(10)11-4-6-17(9-11)20(18,19)12-3-2-5-14-8-12/h2-3,5,7-8,11H,4,6,9H2,1H3,(H,15,16)/t11-/m1/s1. The highest BCUT2D eigenvalue weighted by Crippen LogP contribution is 2.31. The number of aromatic amines is 1. The van der Waals surface area contributed by atoms with Gasteiger partial charge in [-0.1, -0.05) is 0 Å². The third kappa shape index (κ3) is 2.23. The second-order valence-corrected chi connectivity index (χ2v) is 6.94. The lowest BCUT2D eigenvalue weighted by molar-refractivity contribution is 0.471. The zero-order chi connectivity index (χ0) is 14.2. The maximum Gasteiger partial charge on any atom is 0.244 e. The van der Waals surface area contributed by atoms with Crippen molar-refractivity contribution in [2.45, 2.75) is 24.2 Å². The fourth-order valence-electron chi connectivity index (χ4n) is 2.60. The van der Waals surface area contributed by atoms with Crippen LogP contribution in [0.4, 0.5) is 0 Å². The molecule has 3 rings (SSSR count). The first-order valence-corrected chi connectivity index (χ1v) is 7.93. The summed E-state index contributed by atoms with van der Waals surface area (Å²) in [5.41, 5.74) is 2.12. The lowest BCUT2D eigenvalue weighted by atomic mass is 10.0. The number of hydrogen-bond acceptors (Lipinski definition) is 4. The van der Waals surface area contributed by atoms with E-state index >= 15 is 0 Å². The van der Waals surface area contributed by atoms with Gasteiger partial charge in [0.05, 0.1) is 6.20 Å². The van der Waals surface area contributed by atoms with Crippen LogP contribution in [-0.2, 0) is 10.0 Å². The van der Waals surface area contributed by atoms with Crippen LogP contribution in [0.15, 0.2) is 35.6 Å². The summed E-state index contributed by atoms with van der Waals surface area (Å²) in [4.78, 5) is 4.14. The Labute approximate surface area is 117 Å². The van der Waals surface area contributed by atoms with Gasteiger partial charge in [-0.05, 0) is 31.0 Å². The number of rotatable bonds is 3. The smallest absolute Gasteiger partial charge is 0.244 e. The van der Waals surface area contributed by atoms with Gasteiger partial charge in [-0.3, -0.25) is 10.1 Å². The van der Waals surface area contributed by atoms with Gasteiger partial charge in [-0.2, -0.15) is 9.40 Å². The molecule has 0 amide bonds. The average Bonchev–Trinajstić information content (AvgIpc) is 3.08. The van der Waals surface area contributed by atoms with Gasteiger partial charge in [0, 0.05) is 37.1 Å². The fourth-order valence-corrected chi connectivity index (χ4v) is 4.07. The molecule has 106 valence electrons. The molecule has 6 nitrogen and oxygen atoms in total. The number of pyridine rings is 1. The summed E-state index contributed by atoms with van der Waals surface area (Å²) >= 11 is 0. The molecule has 20 heavy (non-hydrogen) atoms. The summed E-state index contributed by atoms with van der Waals surface area (Å²) in [6.07, 6.45) is 5.54. The minimum absolute atomic E-state index is 0.184. The molecule has 0 aromatic carbocycles. The quantitative estimate of drug-likeness (QED) is 0.924. The summed E-state index contributed by atoms with van der Waals surface area (Å²) in [6, 6.07) is 3.22. The van der Waals surface area contributed by atoms with E-state index in [-0.39, 0.29) is 10.8 Å². The molecular weight excluding hydrogens is 276 g/mol. The minimum atomic E-state index is -3.44. The largest absolute Gasteiger partial charge is 0.282 e. The fraction of sp³-hybridized carbons (Fsp3) is 0.385. The third-order valence-electron chi connectivity index (χ3n) is 3.70. The van der Waals surface area contributed by atoms with E-state index in [1.54, 1.807) is 24.5 Å². The van der Waals surface area contributed by atoms with E-state index < -0.39 is 10.0 Å². The molecule has 0 aliphatic carbocycles. The number of H-pyrrole nitrogens is 1. The van der Waals surface area contributed by atoms with Gasteiger partial charge < -0.3 is 0 Å². The van der Waals surface area contributed by atoms with Crippen molar-refractivity contribution in [2.75, 3.05) is 13.1 Å². The van der Waals surface area contributed by atoms with Gasteiger partial charge >= 0.3 is 0 Å². The van der Waals surface area contributed by atoms with E-state index in [4.69, 9.17) is 0 Å². The Morgan fingerprint density at radius 3 is 2.90 bits per heavy atom. The Morgan fingerprint density at radius 1 is 1.40 bits per heavy atom. The molecule has 3 heterocycles. The maximum atomic E-state index is 12.5. The summed E-state index contributed by atoms with van der Waals surface area (Å²) < 4.78 is 26.5. The van der Waals surface area contributed by atoms with E-state index in [1.165, 1.54) is 10.5 Å². The Balaban J connectivity index is 1.83. The van der Waals surface area contributed by atoms with Crippen molar-refractivity contribution in [1.82, 2.24) is 19.5 Å². The van der Waals surface area contributed by atoms with Crippen molar-refractivity contribution in [1.29, 1.82) is 0 Å². The first-order valence-electron chi connectivity index (χ1n) is 6.49. The summed E-state index contributed by atoms with van der Waals surface area (Å²) in [5.74, 6) is 0.184. The van der Waals surface area contributed by atoms with E-state index in [1.807, 2.05) is 6.92 Å². The van der Waals surface area contributed by atoms with Crippen LogP contribution in [0, 0.1) is 6.92 Å². The highest BCUT2D eigenvalue weighted by atomic mass is 32.2. The van der Waals surface area contributed by atoms with Gasteiger partial charge in [0.25, 0.3) is 0 Å². The maximum absolute atomic E-state index is 12.5. The zero-order valence-electron chi connectivity index (χ0n) is 11.2. The van der Waals surface area contributed by atoms with Crippen LogP contribution in [0.5, 0.6) is 0 Å². The first kappa shape index (κ1) is 13.3. The Morgan fingerprint density at radius 2 is 2.25 bits per heavy atom. The molecule has 0 bridgehead atoms. The van der Waals surface area contributed by atoms with Crippen LogP contribution in [0.1, 0.15) is 23.6 Å². The molecule has 0 saturated carbocycles. The van der Waals surface area contributed by atoms with Gasteiger partial charge in [-0.25, -0.2) is 8.42 Å². The first-order chi connectivity index (χ1) is 9.59. The van der Waals surface area contributed by atoms with Crippen LogP contribution >= 0.6 is 0 Å². The minimum Gasteiger partial charge on any atom is -0.282 e. The molecule has 2 aromatic rings. The highest BCUT2D eigenvalue weighted by Gasteiger charge is 2.34. The molecule has 2 aromatic heterocycles. The molecular formula is C13H16N4O2S. The highest BCUT2D eigenvalue weighted by molar-refractivity contribution is 7.89. The van der Waals surface area contributed by atoms with Crippen LogP contribution in [-0.4, -0.2) is 41.0 Å². The molecule has 1 saturated heterocycles. The van der Waals surface area contributed by atoms with Gasteiger partial charge in [-0.15, -0.1) is 0 Å². The van der Waals surface area contributed by atoms with Crippen molar-refractivity contribution >= 4 is 10.0 Å². The topological polar surface area (TPSA) is 79.0 Å². The third-order valence-corrected chi connectivity index (χ3v) is 5.55. The summed E-state index contributed by atoms with van der Waals surface area (Å²) in [6.45, 7) is 3.00. The van der Waals surface area contributed by atoms with Crippen LogP contribution < -0.4 is 0 Å². The number of hydrogen-bond donors (Lipinski definition) is 1. The molecule has 7 heteroatoms. The molecule has 1 N–H and O–H groups in total. The van der Waals surface area contributed by atoms with Crippen molar-refractivity contribution in [3.63, 3.8) is 0 Å². The predicted molar refractivity (Wildman–Crippen MR) is 73.7 cm³/mol. The van der Waals surface area contributed by atoms with Gasteiger partial charge in [0.1, 0.15) is 4.90 Å². The SMILES string of the molecule is Cc1cn[nH]c1[C@@H]1CCN(S(=O)(=O)c2cccnc2)C1. The van der Waals surface area contributed by atoms with Gasteiger partial charge in [0.15, 0.2) is 0 Å². The van der Waals surface area contributed by atoms with Gasteiger partial charge in [0.2, 0.25) is 10.0 Å². The van der Waals surface area contributed by atoms with Crippen molar-refractivity contribution in [3.8, 4) is 0 Å². The van der Waals surface area contributed by atoms with E-state index in [9.17, 15) is 8.42 Å². The Kier molecular flexibility index (Phi) is 3.31. The molecule has 0 unspecified atom stereocenters. The average molecular weight is 292 g/mol. The van der Waals surface area contributed by atoms with Crippen LogP contribution in [0.25, 0.3) is 0 Å². The molecule has 1 aliphatic rings. The molecule has 0 spiro atoms. The number of nitrogens with one attached hydrogen (secondary N) is 1. The molecule has 1 fully saturated rings. The number of aromatic nitrogens is 3. The summed E-state index contributed by atoms with van der Waals surface area (Å²) in [7, 11) is -3.44. The molecule has 1 aliphatic heterocycles. The lowest BCUT2D eigenvalue weighted by Crippen LogP contribution is -2.28. The van der Waals surface area contributed by atoms with E-state index in [0.29, 0.717) is 13.1 Å². The zero-order valence-corrected chi connectivity index (χ0v) is 12.0. The monoisotopic (exact) mass is 292 g/mol. The lowest BCUT2D eigenvalue weighted by Gasteiger charge is -2.16. The number of aryl methyl sites for hydroxylation is 1. The van der Waals surface area contributed by atoms with E-state index in [2.05, 4.69) is 15.2 Å². The van der Waals surface area contributed by atoms with Crippen molar-refractivity contribution in [3.05, 3.63) is 42.0 Å². The second kappa shape index (κ2) is 4.99. The molecule has 1 atom stereocenters. The number of nitrogens with zero attached hydrogens (tertiary/aromatic N) is 3. The normalized spacial score (nSPS) is 20.4. The summed E-state index contributed by atoms with van der Waals surface area (Å²) in [5, 5.41) is 6.98. The Bertz CT molecular complexity index is 696.